The van der Waals surface area contributed by atoms with Crippen LogP contribution in [0.1, 0.15) is 20.3 Å². The Labute approximate surface area is 130 Å². The average Bonchev–Trinajstić information content (AvgIpc) is 2.56. The molecule has 5 nitrogen and oxygen atoms in total. The smallest absolute Gasteiger partial charge is 0.241 e. The SMILES string of the molecule is CCC(C)C(N)C(=O)Nc1ccc(Oc2ccncc2)cc1. The van der Waals surface area contributed by atoms with Crippen molar-refractivity contribution in [3.05, 3.63) is 48.8 Å². The van der Waals surface area contributed by atoms with Crippen molar-refractivity contribution in [2.24, 2.45) is 11.7 Å². The quantitative estimate of drug-likeness (QED) is 0.858. The molecule has 0 spiro atoms. The van der Waals surface area contributed by atoms with Crippen molar-refractivity contribution in [3.8, 4) is 11.5 Å². The topological polar surface area (TPSA) is 77.2 Å². The van der Waals surface area contributed by atoms with Crippen LogP contribution in [0.3, 0.4) is 0 Å². The predicted octanol–water partition coefficient (Wildman–Crippen LogP) is 3.19. The molecule has 1 heterocycles. The van der Waals surface area contributed by atoms with E-state index in [4.69, 9.17) is 10.5 Å². The fourth-order valence-corrected chi connectivity index (χ4v) is 1.89. The normalized spacial score (nSPS) is 13.2. The van der Waals surface area contributed by atoms with Gasteiger partial charge in [0.05, 0.1) is 6.04 Å². The van der Waals surface area contributed by atoms with Crippen molar-refractivity contribution in [2.75, 3.05) is 5.32 Å². The Bertz CT molecular complexity index is 599. The Morgan fingerprint density at radius 3 is 2.36 bits per heavy atom. The largest absolute Gasteiger partial charge is 0.457 e. The zero-order chi connectivity index (χ0) is 15.9. The van der Waals surface area contributed by atoms with Gasteiger partial charge in [-0.3, -0.25) is 9.78 Å². The molecule has 0 radical (unpaired) electrons. The molecule has 5 heteroatoms. The molecule has 0 saturated heterocycles. The zero-order valence-electron chi connectivity index (χ0n) is 12.8. The first-order valence-corrected chi connectivity index (χ1v) is 7.34. The van der Waals surface area contributed by atoms with Gasteiger partial charge in [-0.1, -0.05) is 20.3 Å². The minimum absolute atomic E-state index is 0.147. The summed E-state index contributed by atoms with van der Waals surface area (Å²) in [7, 11) is 0. The second-order valence-corrected chi connectivity index (χ2v) is 5.21. The van der Waals surface area contributed by atoms with Crippen LogP contribution in [0.25, 0.3) is 0 Å². The van der Waals surface area contributed by atoms with Crippen LogP contribution in [0.2, 0.25) is 0 Å². The van der Waals surface area contributed by atoms with Crippen LogP contribution in [-0.4, -0.2) is 16.9 Å². The number of anilines is 1. The van der Waals surface area contributed by atoms with Gasteiger partial charge in [0.15, 0.2) is 0 Å². The summed E-state index contributed by atoms with van der Waals surface area (Å²) in [5, 5.41) is 2.82. The number of aromatic nitrogens is 1. The van der Waals surface area contributed by atoms with Gasteiger partial charge in [-0.2, -0.15) is 0 Å². The van der Waals surface area contributed by atoms with E-state index in [9.17, 15) is 4.79 Å². The van der Waals surface area contributed by atoms with E-state index >= 15 is 0 Å². The Kier molecular flexibility index (Phi) is 5.49. The Hall–Kier alpha value is -2.40. The first kappa shape index (κ1) is 16.0. The molecule has 0 aliphatic rings. The molecule has 0 bridgehead atoms. The molecule has 1 aromatic heterocycles. The van der Waals surface area contributed by atoms with E-state index in [1.54, 1.807) is 48.8 Å². The molecule has 1 aromatic carbocycles. The summed E-state index contributed by atoms with van der Waals surface area (Å²) in [4.78, 5) is 15.9. The number of hydrogen-bond donors (Lipinski definition) is 2. The first-order valence-electron chi connectivity index (χ1n) is 7.34. The fourth-order valence-electron chi connectivity index (χ4n) is 1.89. The molecule has 116 valence electrons. The molecule has 0 aliphatic carbocycles. The van der Waals surface area contributed by atoms with E-state index in [-0.39, 0.29) is 11.8 Å². The van der Waals surface area contributed by atoms with Gasteiger partial charge >= 0.3 is 0 Å². The number of nitrogens with zero attached hydrogens (tertiary/aromatic N) is 1. The van der Waals surface area contributed by atoms with Gasteiger partial charge in [0, 0.05) is 18.1 Å². The minimum Gasteiger partial charge on any atom is -0.457 e. The van der Waals surface area contributed by atoms with Crippen LogP contribution >= 0.6 is 0 Å². The summed E-state index contributed by atoms with van der Waals surface area (Å²) in [6, 6.07) is 10.2. The van der Waals surface area contributed by atoms with Crippen LogP contribution in [0.5, 0.6) is 11.5 Å². The van der Waals surface area contributed by atoms with Gasteiger partial charge in [-0.25, -0.2) is 0 Å². The molecule has 2 atom stereocenters. The van der Waals surface area contributed by atoms with Crippen molar-refractivity contribution in [1.82, 2.24) is 4.98 Å². The summed E-state index contributed by atoms with van der Waals surface area (Å²) in [5.74, 6) is 1.38. The van der Waals surface area contributed by atoms with E-state index in [1.807, 2.05) is 13.8 Å². The maximum Gasteiger partial charge on any atom is 0.241 e. The summed E-state index contributed by atoms with van der Waals surface area (Å²) in [6.07, 6.45) is 4.20. The Morgan fingerprint density at radius 2 is 1.77 bits per heavy atom. The average molecular weight is 299 g/mol. The molecule has 2 rings (SSSR count). The van der Waals surface area contributed by atoms with Crippen LogP contribution in [-0.2, 0) is 4.79 Å². The van der Waals surface area contributed by atoms with Crippen molar-refractivity contribution >= 4 is 11.6 Å². The van der Waals surface area contributed by atoms with Crippen molar-refractivity contribution < 1.29 is 9.53 Å². The number of carbonyl (C=O) groups excluding carboxylic acids is 1. The molecule has 2 unspecified atom stereocenters. The third kappa shape index (κ3) is 4.30. The standard InChI is InChI=1S/C17H21N3O2/c1-3-12(2)16(18)17(21)20-13-4-6-14(7-5-13)22-15-8-10-19-11-9-15/h4-12,16H,3,18H2,1-2H3,(H,20,21). The molecule has 22 heavy (non-hydrogen) atoms. The number of rotatable bonds is 6. The van der Waals surface area contributed by atoms with E-state index in [2.05, 4.69) is 10.3 Å². The number of nitrogens with two attached hydrogens (primary N) is 1. The predicted molar refractivity (Wildman–Crippen MR) is 86.8 cm³/mol. The number of amides is 1. The maximum absolute atomic E-state index is 12.0. The maximum atomic E-state index is 12.0. The molecular formula is C17H21N3O2. The Balaban J connectivity index is 1.96. The number of ether oxygens (including phenoxy) is 1. The fraction of sp³-hybridized carbons (Fsp3) is 0.294. The lowest BCUT2D eigenvalue weighted by atomic mass is 9.99. The van der Waals surface area contributed by atoms with Crippen molar-refractivity contribution in [3.63, 3.8) is 0 Å². The molecule has 3 N–H and O–H groups in total. The highest BCUT2D eigenvalue weighted by atomic mass is 16.5. The molecule has 1 amide bonds. The highest BCUT2D eigenvalue weighted by Crippen LogP contribution is 2.22. The summed E-state index contributed by atoms with van der Waals surface area (Å²) in [5.41, 5.74) is 6.61. The highest BCUT2D eigenvalue weighted by molar-refractivity contribution is 5.94. The first-order chi connectivity index (χ1) is 10.6. The number of hydrogen-bond acceptors (Lipinski definition) is 4. The zero-order valence-corrected chi connectivity index (χ0v) is 12.8. The van der Waals surface area contributed by atoms with Crippen molar-refractivity contribution in [1.29, 1.82) is 0 Å². The third-order valence-corrected chi connectivity index (χ3v) is 3.57. The highest BCUT2D eigenvalue weighted by Gasteiger charge is 2.19. The molecule has 2 aromatic rings. The summed E-state index contributed by atoms with van der Waals surface area (Å²) < 4.78 is 5.66. The number of carbonyl (C=O) groups is 1. The van der Waals surface area contributed by atoms with Gasteiger partial charge in [-0.05, 0) is 42.3 Å². The number of benzene rings is 1. The van der Waals surface area contributed by atoms with Crippen LogP contribution in [0, 0.1) is 5.92 Å². The molecular weight excluding hydrogens is 278 g/mol. The monoisotopic (exact) mass is 299 g/mol. The third-order valence-electron chi connectivity index (χ3n) is 3.57. The lowest BCUT2D eigenvalue weighted by Crippen LogP contribution is -2.40. The summed E-state index contributed by atoms with van der Waals surface area (Å²) in [6.45, 7) is 3.99. The summed E-state index contributed by atoms with van der Waals surface area (Å²) >= 11 is 0. The van der Waals surface area contributed by atoms with Crippen LogP contribution in [0.15, 0.2) is 48.8 Å². The lowest BCUT2D eigenvalue weighted by molar-refractivity contribution is -0.118. The van der Waals surface area contributed by atoms with Gasteiger partial charge in [-0.15, -0.1) is 0 Å². The molecule has 0 saturated carbocycles. The second kappa shape index (κ2) is 7.56. The van der Waals surface area contributed by atoms with Gasteiger partial charge in [0.1, 0.15) is 11.5 Å². The van der Waals surface area contributed by atoms with Crippen LogP contribution in [0.4, 0.5) is 5.69 Å². The van der Waals surface area contributed by atoms with Gasteiger partial charge in [0.25, 0.3) is 0 Å². The van der Waals surface area contributed by atoms with E-state index in [0.717, 1.165) is 6.42 Å². The number of nitrogens with one attached hydrogen (secondary N) is 1. The van der Waals surface area contributed by atoms with E-state index in [0.29, 0.717) is 17.2 Å². The lowest BCUT2D eigenvalue weighted by Gasteiger charge is -2.17. The van der Waals surface area contributed by atoms with Crippen molar-refractivity contribution in [2.45, 2.75) is 26.3 Å². The molecule has 0 fully saturated rings. The Morgan fingerprint density at radius 1 is 1.18 bits per heavy atom. The van der Waals surface area contributed by atoms with Gasteiger partial charge < -0.3 is 15.8 Å². The minimum atomic E-state index is -0.502. The van der Waals surface area contributed by atoms with E-state index < -0.39 is 6.04 Å². The van der Waals surface area contributed by atoms with E-state index in [1.165, 1.54) is 0 Å². The second-order valence-electron chi connectivity index (χ2n) is 5.21. The van der Waals surface area contributed by atoms with Gasteiger partial charge in [0.2, 0.25) is 5.91 Å². The molecule has 0 aliphatic heterocycles. The number of pyridine rings is 1. The van der Waals surface area contributed by atoms with Crippen LogP contribution < -0.4 is 15.8 Å².